The van der Waals surface area contributed by atoms with Gasteiger partial charge in [-0.3, -0.25) is 4.57 Å². The van der Waals surface area contributed by atoms with Gasteiger partial charge < -0.3 is 9.13 Å². The Labute approximate surface area is 327 Å². The molecule has 0 atom stereocenters. The van der Waals surface area contributed by atoms with Crippen molar-refractivity contribution in [3.8, 4) is 40.1 Å². The number of fused-ring (bicyclic) bond motifs is 10. The minimum Gasteiger partial charge on any atom is -0.309 e. The second kappa shape index (κ2) is 12.3. The number of rotatable bonds is 5. The van der Waals surface area contributed by atoms with E-state index >= 15 is 0 Å². The van der Waals surface area contributed by atoms with Crippen LogP contribution in [0.4, 0.5) is 0 Å². The first-order valence-electron chi connectivity index (χ1n) is 19.2. The van der Waals surface area contributed by atoms with Crippen LogP contribution in [0.25, 0.3) is 106 Å². The molecule has 4 heterocycles. The van der Waals surface area contributed by atoms with E-state index < -0.39 is 0 Å². The SMILES string of the molecule is c1ccc(-c2nc(-c3cccc4c5ccccc5n(-c5ccccc5)c34)nc(-n3c4ccccc4c4c5c6ccccc6n(-c6ccccc6)c5ccc43)n2)cc1. The maximum absolute atomic E-state index is 5.44. The molecule has 0 fully saturated rings. The van der Waals surface area contributed by atoms with E-state index in [1.807, 2.05) is 18.2 Å². The summed E-state index contributed by atoms with van der Waals surface area (Å²) >= 11 is 0. The summed E-state index contributed by atoms with van der Waals surface area (Å²) in [6.07, 6.45) is 0. The lowest BCUT2D eigenvalue weighted by atomic mass is 10.1. The van der Waals surface area contributed by atoms with Crippen molar-refractivity contribution in [3.63, 3.8) is 0 Å². The van der Waals surface area contributed by atoms with Crippen molar-refractivity contribution >= 4 is 65.4 Å². The third-order valence-corrected chi connectivity index (χ3v) is 11.3. The van der Waals surface area contributed by atoms with Crippen LogP contribution in [0.5, 0.6) is 0 Å². The Kier molecular flexibility index (Phi) is 6.83. The minimum atomic E-state index is 0.565. The molecule has 0 unspecified atom stereocenters. The summed E-state index contributed by atoms with van der Waals surface area (Å²) in [4.78, 5) is 16.0. The number of benzene rings is 8. The van der Waals surface area contributed by atoms with Crippen LogP contribution in [0.2, 0.25) is 0 Å². The van der Waals surface area contributed by atoms with Crippen LogP contribution < -0.4 is 0 Å². The maximum Gasteiger partial charge on any atom is 0.238 e. The molecule has 6 nitrogen and oxygen atoms in total. The molecule has 8 aromatic carbocycles. The van der Waals surface area contributed by atoms with Crippen LogP contribution in [0.15, 0.2) is 194 Å². The standard InChI is InChI=1S/C51H32N6/c1-4-17-33(18-5-1)49-52-50(40-27-16-26-37-36-23-10-13-28-41(36)56(48(37)40)35-21-8-3-9-22-35)54-51(53-49)57-43-30-15-12-25-39(43)47-45(57)32-31-44-46(47)38-24-11-14-29-42(38)55(44)34-19-6-2-7-20-34/h1-32H. The lowest BCUT2D eigenvalue weighted by molar-refractivity contribution is 0.953. The van der Waals surface area contributed by atoms with Gasteiger partial charge in [-0.2, -0.15) is 9.97 Å². The Morgan fingerprint density at radius 1 is 0.298 bits per heavy atom. The quantitative estimate of drug-likeness (QED) is 0.177. The van der Waals surface area contributed by atoms with Crippen molar-refractivity contribution in [1.29, 1.82) is 0 Å². The molecule has 0 bridgehead atoms. The van der Waals surface area contributed by atoms with E-state index in [2.05, 4.69) is 190 Å². The molecule has 0 amide bonds. The Balaban J connectivity index is 1.19. The predicted molar refractivity (Wildman–Crippen MR) is 234 cm³/mol. The van der Waals surface area contributed by atoms with Gasteiger partial charge in [-0.25, -0.2) is 4.98 Å². The molecule has 57 heavy (non-hydrogen) atoms. The maximum atomic E-state index is 5.44. The fraction of sp³-hybridized carbons (Fsp3) is 0. The van der Waals surface area contributed by atoms with Crippen LogP contribution in [-0.2, 0) is 0 Å². The molecule has 266 valence electrons. The second-order valence-corrected chi connectivity index (χ2v) is 14.4. The molecular weight excluding hydrogens is 697 g/mol. The smallest absolute Gasteiger partial charge is 0.238 e. The second-order valence-electron chi connectivity index (χ2n) is 14.4. The molecule has 0 aliphatic heterocycles. The molecule has 0 aliphatic rings. The third kappa shape index (κ3) is 4.68. The fourth-order valence-corrected chi connectivity index (χ4v) is 8.93. The fourth-order valence-electron chi connectivity index (χ4n) is 8.93. The molecular formula is C51H32N6. The van der Waals surface area contributed by atoms with Gasteiger partial charge in [0.05, 0.1) is 33.1 Å². The Morgan fingerprint density at radius 3 is 1.42 bits per heavy atom. The lowest BCUT2D eigenvalue weighted by Gasteiger charge is -2.13. The zero-order valence-electron chi connectivity index (χ0n) is 30.7. The highest BCUT2D eigenvalue weighted by atomic mass is 15.2. The van der Waals surface area contributed by atoms with E-state index in [0.717, 1.165) is 60.9 Å². The van der Waals surface area contributed by atoms with Gasteiger partial charge in [0.25, 0.3) is 0 Å². The lowest BCUT2D eigenvalue weighted by Crippen LogP contribution is -2.07. The highest BCUT2D eigenvalue weighted by Crippen LogP contribution is 2.43. The van der Waals surface area contributed by atoms with Gasteiger partial charge in [-0.15, -0.1) is 0 Å². The van der Waals surface area contributed by atoms with Gasteiger partial charge in [0.1, 0.15) is 0 Å². The average molecular weight is 729 g/mol. The normalized spacial score (nSPS) is 11.9. The van der Waals surface area contributed by atoms with E-state index in [1.165, 1.54) is 27.1 Å². The van der Waals surface area contributed by atoms with Crippen molar-refractivity contribution in [2.75, 3.05) is 0 Å². The minimum absolute atomic E-state index is 0.565. The third-order valence-electron chi connectivity index (χ3n) is 11.3. The molecule has 12 aromatic rings. The summed E-state index contributed by atoms with van der Waals surface area (Å²) in [6.45, 7) is 0. The van der Waals surface area contributed by atoms with Crippen molar-refractivity contribution in [1.82, 2.24) is 28.7 Å². The van der Waals surface area contributed by atoms with Gasteiger partial charge in [0, 0.05) is 54.8 Å². The average Bonchev–Trinajstić information content (AvgIpc) is 3.93. The first kappa shape index (κ1) is 31.5. The van der Waals surface area contributed by atoms with Gasteiger partial charge in [-0.1, -0.05) is 133 Å². The molecule has 0 radical (unpaired) electrons. The summed E-state index contributed by atoms with van der Waals surface area (Å²) in [5.74, 6) is 1.79. The zero-order valence-corrected chi connectivity index (χ0v) is 30.7. The highest BCUT2D eigenvalue weighted by Gasteiger charge is 2.24. The zero-order chi connectivity index (χ0) is 37.5. The van der Waals surface area contributed by atoms with E-state index in [1.54, 1.807) is 0 Å². The van der Waals surface area contributed by atoms with E-state index in [9.17, 15) is 0 Å². The van der Waals surface area contributed by atoms with E-state index in [0.29, 0.717) is 17.6 Å². The van der Waals surface area contributed by atoms with Crippen molar-refractivity contribution in [2.45, 2.75) is 0 Å². The summed E-state index contributed by atoms with van der Waals surface area (Å²) in [5.41, 5.74) is 10.6. The topological polar surface area (TPSA) is 53.5 Å². The summed E-state index contributed by atoms with van der Waals surface area (Å²) in [6, 6.07) is 68.3. The molecule has 0 saturated heterocycles. The van der Waals surface area contributed by atoms with Crippen LogP contribution >= 0.6 is 0 Å². The molecule has 6 heteroatoms. The van der Waals surface area contributed by atoms with Crippen LogP contribution in [0.1, 0.15) is 0 Å². The van der Waals surface area contributed by atoms with Crippen molar-refractivity contribution in [3.05, 3.63) is 194 Å². The van der Waals surface area contributed by atoms with Crippen molar-refractivity contribution in [2.24, 2.45) is 0 Å². The number of aromatic nitrogens is 6. The molecule has 0 N–H and O–H groups in total. The molecule has 0 saturated carbocycles. The van der Waals surface area contributed by atoms with Crippen LogP contribution in [0.3, 0.4) is 0 Å². The number of nitrogens with zero attached hydrogens (tertiary/aromatic N) is 6. The molecule has 0 aliphatic carbocycles. The molecule has 12 rings (SSSR count). The predicted octanol–water partition coefficient (Wildman–Crippen LogP) is 12.5. The monoisotopic (exact) mass is 728 g/mol. The van der Waals surface area contributed by atoms with Crippen LogP contribution in [0, 0.1) is 0 Å². The number of hydrogen-bond acceptors (Lipinski definition) is 3. The van der Waals surface area contributed by atoms with E-state index in [-0.39, 0.29) is 0 Å². The molecule has 4 aromatic heterocycles. The summed E-state index contributed by atoms with van der Waals surface area (Å²) in [7, 11) is 0. The van der Waals surface area contributed by atoms with Crippen molar-refractivity contribution < 1.29 is 0 Å². The summed E-state index contributed by atoms with van der Waals surface area (Å²) < 4.78 is 6.94. The summed E-state index contributed by atoms with van der Waals surface area (Å²) in [5, 5.41) is 7.04. The van der Waals surface area contributed by atoms with E-state index in [4.69, 9.17) is 15.0 Å². The first-order valence-corrected chi connectivity index (χ1v) is 19.2. The number of para-hydroxylation sites is 6. The molecule has 0 spiro atoms. The largest absolute Gasteiger partial charge is 0.309 e. The number of hydrogen-bond donors (Lipinski definition) is 0. The Bertz CT molecular complexity index is 3510. The van der Waals surface area contributed by atoms with Gasteiger partial charge >= 0.3 is 0 Å². The Hall–Kier alpha value is -7.83. The van der Waals surface area contributed by atoms with Gasteiger partial charge in [0.2, 0.25) is 5.95 Å². The van der Waals surface area contributed by atoms with Crippen LogP contribution in [-0.4, -0.2) is 28.7 Å². The first-order chi connectivity index (χ1) is 28.3. The van der Waals surface area contributed by atoms with Gasteiger partial charge in [0.15, 0.2) is 11.6 Å². The highest BCUT2D eigenvalue weighted by molar-refractivity contribution is 6.28. The Morgan fingerprint density at radius 2 is 0.772 bits per heavy atom. The van der Waals surface area contributed by atoms with Gasteiger partial charge in [-0.05, 0) is 60.7 Å².